The Morgan fingerprint density at radius 3 is 2.60 bits per heavy atom. The van der Waals surface area contributed by atoms with Crippen LogP contribution in [-0.4, -0.2) is 19.7 Å². The molecule has 0 bridgehead atoms. The second-order valence-corrected chi connectivity index (χ2v) is 3.47. The van der Waals surface area contributed by atoms with Gasteiger partial charge in [0.25, 0.3) is 0 Å². The van der Waals surface area contributed by atoms with Crippen LogP contribution >= 0.6 is 0 Å². The summed E-state index contributed by atoms with van der Waals surface area (Å²) in [5.41, 5.74) is 8.42. The van der Waals surface area contributed by atoms with Crippen molar-refractivity contribution in [2.45, 2.75) is 13.8 Å². The average molecular weight is 203 g/mol. The maximum Gasteiger partial charge on any atom is 0.125 e. The predicted octanol–water partition coefficient (Wildman–Crippen LogP) is 1.08. The second kappa shape index (κ2) is 3.34. The van der Waals surface area contributed by atoms with Crippen LogP contribution < -0.4 is 5.73 Å². The van der Waals surface area contributed by atoms with E-state index in [1.165, 1.54) is 0 Å². The van der Waals surface area contributed by atoms with E-state index in [9.17, 15) is 0 Å². The van der Waals surface area contributed by atoms with Crippen molar-refractivity contribution < 1.29 is 0 Å². The van der Waals surface area contributed by atoms with Crippen molar-refractivity contribution in [3.63, 3.8) is 0 Å². The molecule has 0 atom stereocenters. The molecule has 2 N–H and O–H groups in total. The van der Waals surface area contributed by atoms with Gasteiger partial charge in [-0.25, -0.2) is 9.97 Å². The van der Waals surface area contributed by atoms with Crippen molar-refractivity contribution in [2.75, 3.05) is 5.73 Å². The van der Waals surface area contributed by atoms with Crippen molar-refractivity contribution in [1.29, 1.82) is 0 Å². The van der Waals surface area contributed by atoms with Gasteiger partial charge in [0.05, 0.1) is 5.69 Å². The van der Waals surface area contributed by atoms with Crippen molar-refractivity contribution in [3.05, 3.63) is 23.7 Å². The molecule has 0 fully saturated rings. The summed E-state index contributed by atoms with van der Waals surface area (Å²) in [6.45, 7) is 3.79. The molecule has 5 nitrogen and oxygen atoms in total. The number of nitrogen functional groups attached to an aromatic ring is 1. The van der Waals surface area contributed by atoms with E-state index in [0.717, 1.165) is 22.8 Å². The molecule has 0 aromatic carbocycles. The second-order valence-electron chi connectivity index (χ2n) is 3.47. The van der Waals surface area contributed by atoms with E-state index in [1.807, 2.05) is 27.0 Å². The highest BCUT2D eigenvalue weighted by Gasteiger charge is 2.12. The third-order valence-corrected chi connectivity index (χ3v) is 2.36. The Balaban J connectivity index is 2.59. The summed E-state index contributed by atoms with van der Waals surface area (Å²) in [4.78, 5) is 8.36. The third-order valence-electron chi connectivity index (χ3n) is 2.36. The number of aromatic nitrogens is 4. The highest BCUT2D eigenvalue weighted by molar-refractivity contribution is 5.64. The summed E-state index contributed by atoms with van der Waals surface area (Å²) in [6, 6.07) is 1.84. The van der Waals surface area contributed by atoms with Crippen molar-refractivity contribution in [2.24, 2.45) is 7.05 Å². The van der Waals surface area contributed by atoms with Crippen LogP contribution in [0, 0.1) is 13.8 Å². The molecule has 0 saturated carbocycles. The van der Waals surface area contributed by atoms with Crippen LogP contribution in [0.1, 0.15) is 11.4 Å². The summed E-state index contributed by atoms with van der Waals surface area (Å²) in [5.74, 6) is 1.40. The van der Waals surface area contributed by atoms with Crippen LogP contribution in [0.25, 0.3) is 11.4 Å². The molecule has 2 rings (SSSR count). The molecule has 0 spiro atoms. The fraction of sp³-hybridized carbons (Fsp3) is 0.300. The largest absolute Gasteiger partial charge is 0.384 e. The van der Waals surface area contributed by atoms with Crippen molar-refractivity contribution in [3.8, 4) is 11.4 Å². The number of anilines is 1. The first-order chi connectivity index (χ1) is 7.09. The SMILES string of the molecule is Cc1nccc(-c2nn(C)c(N)c2C)n1. The fourth-order valence-corrected chi connectivity index (χ4v) is 1.47. The van der Waals surface area contributed by atoms with Gasteiger partial charge < -0.3 is 5.73 Å². The Labute approximate surface area is 88.0 Å². The molecule has 0 saturated heterocycles. The predicted molar refractivity (Wildman–Crippen MR) is 58.1 cm³/mol. The Bertz CT molecular complexity index is 501. The summed E-state index contributed by atoms with van der Waals surface area (Å²) in [6.07, 6.45) is 1.72. The number of rotatable bonds is 1. The van der Waals surface area contributed by atoms with E-state index < -0.39 is 0 Å². The normalized spacial score (nSPS) is 10.6. The summed E-state index contributed by atoms with van der Waals surface area (Å²) < 4.78 is 1.65. The van der Waals surface area contributed by atoms with E-state index in [-0.39, 0.29) is 0 Å². The lowest BCUT2D eigenvalue weighted by molar-refractivity contribution is 0.780. The number of hydrogen-bond donors (Lipinski definition) is 1. The van der Waals surface area contributed by atoms with E-state index >= 15 is 0 Å². The van der Waals surface area contributed by atoms with Gasteiger partial charge in [-0.2, -0.15) is 5.10 Å². The molecule has 2 aromatic heterocycles. The average Bonchev–Trinajstić information content (AvgIpc) is 2.46. The zero-order valence-electron chi connectivity index (χ0n) is 9.02. The molecule has 0 unspecified atom stereocenters. The standard InChI is InChI=1S/C10H13N5/c1-6-9(14-15(3)10(6)11)8-4-5-12-7(2)13-8/h4-5H,11H2,1-3H3. The number of aryl methyl sites for hydroxylation is 2. The number of nitrogens with two attached hydrogens (primary N) is 1. The first-order valence-electron chi connectivity index (χ1n) is 4.68. The molecule has 0 aliphatic carbocycles. The maximum absolute atomic E-state index is 5.84. The van der Waals surface area contributed by atoms with Gasteiger partial charge in [0.2, 0.25) is 0 Å². The molecular weight excluding hydrogens is 190 g/mol. The van der Waals surface area contributed by atoms with Gasteiger partial charge in [-0.15, -0.1) is 0 Å². The highest BCUT2D eigenvalue weighted by atomic mass is 15.3. The molecule has 2 aromatic rings. The zero-order valence-corrected chi connectivity index (χ0v) is 9.02. The van der Waals surface area contributed by atoms with Crippen LogP contribution in [0.2, 0.25) is 0 Å². The molecule has 15 heavy (non-hydrogen) atoms. The van der Waals surface area contributed by atoms with E-state index in [2.05, 4.69) is 15.1 Å². The van der Waals surface area contributed by atoms with Crippen LogP contribution in [-0.2, 0) is 7.05 Å². The lowest BCUT2D eigenvalue weighted by atomic mass is 10.2. The molecule has 5 heteroatoms. The zero-order chi connectivity index (χ0) is 11.0. The maximum atomic E-state index is 5.84. The molecule has 0 radical (unpaired) electrons. The Hall–Kier alpha value is -1.91. The molecular formula is C10H13N5. The quantitative estimate of drug-likeness (QED) is 0.752. The monoisotopic (exact) mass is 203 g/mol. The third kappa shape index (κ3) is 1.56. The van der Waals surface area contributed by atoms with E-state index in [4.69, 9.17) is 5.73 Å². The highest BCUT2D eigenvalue weighted by Crippen LogP contribution is 2.23. The Kier molecular flexibility index (Phi) is 2.15. The minimum atomic E-state index is 0.668. The van der Waals surface area contributed by atoms with Gasteiger partial charge in [0, 0.05) is 18.8 Å². The fourth-order valence-electron chi connectivity index (χ4n) is 1.47. The van der Waals surface area contributed by atoms with E-state index in [0.29, 0.717) is 5.82 Å². The topological polar surface area (TPSA) is 69.6 Å². The van der Waals surface area contributed by atoms with Gasteiger partial charge in [0.1, 0.15) is 17.3 Å². The van der Waals surface area contributed by atoms with Gasteiger partial charge in [0.15, 0.2) is 0 Å². The van der Waals surface area contributed by atoms with Gasteiger partial charge >= 0.3 is 0 Å². The van der Waals surface area contributed by atoms with E-state index in [1.54, 1.807) is 10.9 Å². The van der Waals surface area contributed by atoms with Gasteiger partial charge in [-0.3, -0.25) is 4.68 Å². The Morgan fingerprint density at radius 2 is 2.07 bits per heavy atom. The molecule has 0 aliphatic heterocycles. The number of nitrogens with zero attached hydrogens (tertiary/aromatic N) is 4. The Morgan fingerprint density at radius 1 is 1.33 bits per heavy atom. The minimum absolute atomic E-state index is 0.668. The summed E-state index contributed by atoms with van der Waals surface area (Å²) in [7, 11) is 1.82. The smallest absolute Gasteiger partial charge is 0.125 e. The molecule has 2 heterocycles. The lowest BCUT2D eigenvalue weighted by Gasteiger charge is -1.97. The van der Waals surface area contributed by atoms with Crippen LogP contribution in [0.5, 0.6) is 0 Å². The summed E-state index contributed by atoms with van der Waals surface area (Å²) in [5, 5.41) is 4.32. The number of hydrogen-bond acceptors (Lipinski definition) is 4. The van der Waals surface area contributed by atoms with Crippen molar-refractivity contribution >= 4 is 5.82 Å². The van der Waals surface area contributed by atoms with Gasteiger partial charge in [-0.1, -0.05) is 0 Å². The van der Waals surface area contributed by atoms with Gasteiger partial charge in [-0.05, 0) is 19.9 Å². The van der Waals surface area contributed by atoms with Crippen LogP contribution in [0.15, 0.2) is 12.3 Å². The van der Waals surface area contributed by atoms with Crippen molar-refractivity contribution in [1.82, 2.24) is 19.7 Å². The molecule has 78 valence electrons. The lowest BCUT2D eigenvalue weighted by Crippen LogP contribution is -1.97. The summed E-state index contributed by atoms with van der Waals surface area (Å²) >= 11 is 0. The molecule has 0 aliphatic rings. The van der Waals surface area contributed by atoms with Crippen LogP contribution in [0.3, 0.4) is 0 Å². The van der Waals surface area contributed by atoms with Crippen LogP contribution in [0.4, 0.5) is 5.82 Å². The first kappa shape index (κ1) is 9.64. The minimum Gasteiger partial charge on any atom is -0.384 e. The molecule has 0 amide bonds. The first-order valence-corrected chi connectivity index (χ1v) is 4.68.